The number of nitrogens with one attached hydrogen (secondary N) is 1. The molecular formula is C29H33Cl2N3O5S. The van der Waals surface area contributed by atoms with Crippen molar-refractivity contribution in [3.8, 4) is 5.75 Å². The van der Waals surface area contributed by atoms with Gasteiger partial charge in [0.15, 0.2) is 0 Å². The summed E-state index contributed by atoms with van der Waals surface area (Å²) < 4.78 is 34.2. The zero-order valence-corrected chi connectivity index (χ0v) is 25.0. The SMILES string of the molecule is CCCCNC(=O)C(C)N(Cc1ccc(Cl)cc1Cl)C(=O)CN(c1ccccc1OC)S(=O)(=O)c1ccccc1. The first-order valence-electron chi connectivity index (χ1n) is 12.8. The quantitative estimate of drug-likeness (QED) is 0.258. The Labute approximate surface area is 245 Å². The second kappa shape index (κ2) is 14.4. The minimum atomic E-state index is -4.20. The standard InChI is InChI=1S/C29H33Cl2N3O5S/c1-4-5-17-32-29(36)21(2)33(19-22-15-16-23(30)18-25(22)31)28(35)20-34(26-13-9-10-14-27(26)39-3)40(37,38)24-11-7-6-8-12-24/h6-16,18,21H,4-5,17,19-20H2,1-3H3,(H,32,36). The van der Waals surface area contributed by atoms with Gasteiger partial charge in [0.05, 0.1) is 17.7 Å². The molecule has 0 fully saturated rings. The van der Waals surface area contributed by atoms with Gasteiger partial charge in [-0.2, -0.15) is 0 Å². The van der Waals surface area contributed by atoms with Crippen molar-refractivity contribution in [3.05, 3.63) is 88.4 Å². The smallest absolute Gasteiger partial charge is 0.264 e. The van der Waals surface area contributed by atoms with Crippen LogP contribution in [0.3, 0.4) is 0 Å². The summed E-state index contributed by atoms with van der Waals surface area (Å²) in [6, 6.07) is 18.3. The lowest BCUT2D eigenvalue weighted by Crippen LogP contribution is -2.51. The van der Waals surface area contributed by atoms with Crippen LogP contribution in [0.2, 0.25) is 10.0 Å². The van der Waals surface area contributed by atoms with E-state index in [1.54, 1.807) is 67.6 Å². The third kappa shape index (κ3) is 7.68. The lowest BCUT2D eigenvalue weighted by molar-refractivity contribution is -0.139. The number of amides is 2. The minimum absolute atomic E-state index is 0.00589. The molecule has 0 aromatic heterocycles. The van der Waals surface area contributed by atoms with E-state index < -0.39 is 28.5 Å². The summed E-state index contributed by atoms with van der Waals surface area (Å²) in [5.74, 6) is -0.691. The van der Waals surface area contributed by atoms with E-state index in [0.717, 1.165) is 17.1 Å². The number of hydrogen-bond donors (Lipinski definition) is 1. The summed E-state index contributed by atoms with van der Waals surface area (Å²) in [5, 5.41) is 3.59. The van der Waals surface area contributed by atoms with Gasteiger partial charge in [-0.3, -0.25) is 13.9 Å². The summed E-state index contributed by atoms with van der Waals surface area (Å²) in [6.07, 6.45) is 1.68. The molecule has 11 heteroatoms. The molecule has 1 unspecified atom stereocenters. The maximum absolute atomic E-state index is 14.0. The van der Waals surface area contributed by atoms with Gasteiger partial charge in [0.1, 0.15) is 18.3 Å². The molecular weight excluding hydrogens is 573 g/mol. The third-order valence-electron chi connectivity index (χ3n) is 6.32. The molecule has 3 rings (SSSR count). The van der Waals surface area contributed by atoms with Crippen LogP contribution in [0.15, 0.2) is 77.7 Å². The van der Waals surface area contributed by atoms with Crippen LogP contribution in [0, 0.1) is 0 Å². The van der Waals surface area contributed by atoms with Crippen LogP contribution < -0.4 is 14.4 Å². The van der Waals surface area contributed by atoms with Crippen molar-refractivity contribution in [1.82, 2.24) is 10.2 Å². The number of methoxy groups -OCH3 is 1. The summed E-state index contributed by atoms with van der Waals surface area (Å²) in [6.45, 7) is 3.44. The Morgan fingerprint density at radius 2 is 1.68 bits per heavy atom. The number of para-hydroxylation sites is 2. The van der Waals surface area contributed by atoms with E-state index in [2.05, 4.69) is 5.32 Å². The number of hydrogen-bond acceptors (Lipinski definition) is 5. The predicted molar refractivity (Wildman–Crippen MR) is 158 cm³/mol. The number of nitrogens with zero attached hydrogens (tertiary/aromatic N) is 2. The number of sulfonamides is 1. The number of carbonyl (C=O) groups excluding carboxylic acids is 2. The Morgan fingerprint density at radius 1 is 1.00 bits per heavy atom. The predicted octanol–water partition coefficient (Wildman–Crippen LogP) is 5.53. The average Bonchev–Trinajstić information content (AvgIpc) is 2.95. The summed E-state index contributed by atoms with van der Waals surface area (Å²) in [5.41, 5.74) is 0.745. The van der Waals surface area contributed by atoms with Crippen molar-refractivity contribution >= 4 is 50.7 Å². The monoisotopic (exact) mass is 605 g/mol. The molecule has 2 amide bonds. The van der Waals surface area contributed by atoms with Gasteiger partial charge in [0, 0.05) is 23.1 Å². The number of halogens is 2. The van der Waals surface area contributed by atoms with Crippen molar-refractivity contribution in [2.75, 3.05) is 24.5 Å². The maximum Gasteiger partial charge on any atom is 0.264 e. The van der Waals surface area contributed by atoms with Gasteiger partial charge < -0.3 is 15.0 Å². The molecule has 0 bridgehead atoms. The number of unbranched alkanes of at least 4 members (excludes halogenated alkanes) is 1. The highest BCUT2D eigenvalue weighted by molar-refractivity contribution is 7.92. The fraction of sp³-hybridized carbons (Fsp3) is 0.310. The summed E-state index contributed by atoms with van der Waals surface area (Å²) >= 11 is 12.5. The first kappa shape index (κ1) is 31.3. The molecule has 40 heavy (non-hydrogen) atoms. The Morgan fingerprint density at radius 3 is 2.33 bits per heavy atom. The average molecular weight is 607 g/mol. The topological polar surface area (TPSA) is 96.0 Å². The molecule has 8 nitrogen and oxygen atoms in total. The molecule has 0 aliphatic carbocycles. The van der Waals surface area contributed by atoms with E-state index in [1.807, 2.05) is 6.92 Å². The first-order valence-corrected chi connectivity index (χ1v) is 15.0. The van der Waals surface area contributed by atoms with Crippen LogP contribution in [-0.2, 0) is 26.2 Å². The van der Waals surface area contributed by atoms with E-state index in [9.17, 15) is 18.0 Å². The number of ether oxygens (including phenoxy) is 1. The Bertz CT molecular complexity index is 1420. The normalized spacial score (nSPS) is 11.9. The molecule has 0 spiro atoms. The highest BCUT2D eigenvalue weighted by atomic mass is 35.5. The molecule has 3 aromatic carbocycles. The Hall–Kier alpha value is -3.27. The second-order valence-electron chi connectivity index (χ2n) is 9.07. The number of carbonyl (C=O) groups is 2. The zero-order chi connectivity index (χ0) is 29.3. The largest absolute Gasteiger partial charge is 0.495 e. The number of anilines is 1. The molecule has 0 radical (unpaired) electrons. The van der Waals surface area contributed by atoms with E-state index in [1.165, 1.54) is 24.1 Å². The lowest BCUT2D eigenvalue weighted by Gasteiger charge is -2.32. The van der Waals surface area contributed by atoms with E-state index >= 15 is 0 Å². The fourth-order valence-corrected chi connectivity index (χ4v) is 5.93. The van der Waals surface area contributed by atoms with E-state index in [4.69, 9.17) is 27.9 Å². The summed E-state index contributed by atoms with van der Waals surface area (Å²) in [4.78, 5) is 28.4. The van der Waals surface area contributed by atoms with Crippen LogP contribution in [0.25, 0.3) is 0 Å². The van der Waals surface area contributed by atoms with Gasteiger partial charge in [-0.15, -0.1) is 0 Å². The highest BCUT2D eigenvalue weighted by Gasteiger charge is 2.33. The first-order chi connectivity index (χ1) is 19.1. The molecule has 0 saturated heterocycles. The van der Waals surface area contributed by atoms with Crippen LogP contribution in [-0.4, -0.2) is 51.4 Å². The molecule has 1 atom stereocenters. The third-order valence-corrected chi connectivity index (χ3v) is 8.68. The van der Waals surface area contributed by atoms with Gasteiger partial charge in [-0.25, -0.2) is 8.42 Å². The van der Waals surface area contributed by atoms with Crippen LogP contribution >= 0.6 is 23.2 Å². The molecule has 3 aromatic rings. The highest BCUT2D eigenvalue weighted by Crippen LogP contribution is 2.32. The van der Waals surface area contributed by atoms with Crippen molar-refractivity contribution in [1.29, 1.82) is 0 Å². The molecule has 0 saturated carbocycles. The second-order valence-corrected chi connectivity index (χ2v) is 11.8. The minimum Gasteiger partial charge on any atom is -0.495 e. The Balaban J connectivity index is 2.05. The van der Waals surface area contributed by atoms with E-state index in [-0.39, 0.29) is 28.8 Å². The van der Waals surface area contributed by atoms with E-state index in [0.29, 0.717) is 22.2 Å². The van der Waals surface area contributed by atoms with Crippen molar-refractivity contribution in [2.24, 2.45) is 0 Å². The van der Waals surface area contributed by atoms with Crippen molar-refractivity contribution in [2.45, 2.75) is 44.2 Å². The van der Waals surface area contributed by atoms with Gasteiger partial charge in [-0.05, 0) is 55.3 Å². The molecule has 1 N–H and O–H groups in total. The molecule has 214 valence electrons. The molecule has 0 heterocycles. The van der Waals surface area contributed by atoms with Crippen LogP contribution in [0.4, 0.5) is 5.69 Å². The van der Waals surface area contributed by atoms with Gasteiger partial charge in [-0.1, -0.05) is 72.9 Å². The number of benzene rings is 3. The zero-order valence-electron chi connectivity index (χ0n) is 22.6. The van der Waals surface area contributed by atoms with Gasteiger partial charge >= 0.3 is 0 Å². The van der Waals surface area contributed by atoms with Gasteiger partial charge in [0.2, 0.25) is 11.8 Å². The van der Waals surface area contributed by atoms with Crippen molar-refractivity contribution in [3.63, 3.8) is 0 Å². The van der Waals surface area contributed by atoms with Gasteiger partial charge in [0.25, 0.3) is 10.0 Å². The maximum atomic E-state index is 14.0. The fourth-order valence-electron chi connectivity index (χ4n) is 4.02. The van der Waals surface area contributed by atoms with Crippen molar-refractivity contribution < 1.29 is 22.7 Å². The molecule has 0 aliphatic heterocycles. The van der Waals surface area contributed by atoms with Crippen LogP contribution in [0.1, 0.15) is 32.3 Å². The molecule has 0 aliphatic rings. The summed E-state index contributed by atoms with van der Waals surface area (Å²) in [7, 11) is -2.78. The lowest BCUT2D eigenvalue weighted by atomic mass is 10.1. The van der Waals surface area contributed by atoms with Crippen LogP contribution in [0.5, 0.6) is 5.75 Å². The number of rotatable bonds is 13. The Kier molecular flexibility index (Phi) is 11.2.